The highest BCUT2D eigenvalue weighted by Gasteiger charge is 2.17. The molecule has 3 rings (SSSR count). The number of amides is 1. The molecule has 1 N–H and O–H groups in total. The van der Waals surface area contributed by atoms with Gasteiger partial charge >= 0.3 is 6.61 Å². The number of Topliss-reactive ketones (excluding diaryl/α,β-unsaturated/α-hetero) is 1. The summed E-state index contributed by atoms with van der Waals surface area (Å²) in [4.78, 5) is 29.0. The number of carbonyl (C=O) groups excluding carboxylic acids is 2. The summed E-state index contributed by atoms with van der Waals surface area (Å²) < 4.78 is 28.6. The van der Waals surface area contributed by atoms with Crippen LogP contribution in [0, 0.1) is 0 Å². The van der Waals surface area contributed by atoms with E-state index in [0.717, 1.165) is 16.9 Å². The van der Waals surface area contributed by atoms with E-state index in [2.05, 4.69) is 15.0 Å². The van der Waals surface area contributed by atoms with Gasteiger partial charge in [0.05, 0.1) is 10.6 Å². The Morgan fingerprint density at radius 2 is 1.79 bits per heavy atom. The molecule has 0 bridgehead atoms. The quantitative estimate of drug-likeness (QED) is 0.423. The van der Waals surface area contributed by atoms with Crippen molar-refractivity contribution in [3.05, 3.63) is 71.1 Å². The van der Waals surface area contributed by atoms with Crippen LogP contribution in [0.4, 0.5) is 13.9 Å². The van der Waals surface area contributed by atoms with E-state index in [1.54, 1.807) is 12.1 Å². The van der Waals surface area contributed by atoms with Crippen LogP contribution in [-0.2, 0) is 4.79 Å². The summed E-state index contributed by atoms with van der Waals surface area (Å²) in [6, 6.07) is 15.1. The number of nitrogens with one attached hydrogen (secondary N) is 1. The highest BCUT2D eigenvalue weighted by molar-refractivity contribution is 7.18. The average Bonchev–Trinajstić information content (AvgIpc) is 3.12. The lowest BCUT2D eigenvalue weighted by Gasteiger charge is -2.03. The molecule has 29 heavy (non-hydrogen) atoms. The summed E-state index contributed by atoms with van der Waals surface area (Å²) in [5.74, 6) is -0.528. The van der Waals surface area contributed by atoms with Crippen LogP contribution in [0.3, 0.4) is 0 Å². The zero-order valence-corrected chi connectivity index (χ0v) is 16.1. The molecule has 148 valence electrons. The van der Waals surface area contributed by atoms with Crippen LogP contribution < -0.4 is 10.1 Å². The largest absolute Gasteiger partial charge is 0.435 e. The smallest absolute Gasteiger partial charge is 0.387 e. The molecule has 0 aliphatic rings. The van der Waals surface area contributed by atoms with Gasteiger partial charge in [0, 0.05) is 18.6 Å². The van der Waals surface area contributed by atoms with Crippen LogP contribution in [0.15, 0.2) is 60.7 Å². The Labute approximate surface area is 169 Å². The Bertz CT molecular complexity index is 1030. The first-order chi connectivity index (χ1) is 13.9. The van der Waals surface area contributed by atoms with Crippen molar-refractivity contribution in [1.29, 1.82) is 0 Å². The van der Waals surface area contributed by atoms with Crippen molar-refractivity contribution in [1.82, 2.24) is 4.98 Å². The van der Waals surface area contributed by atoms with Gasteiger partial charge in [-0.15, -0.1) is 0 Å². The third-order valence-electron chi connectivity index (χ3n) is 3.76. The third kappa shape index (κ3) is 5.55. The van der Waals surface area contributed by atoms with Crippen LogP contribution >= 0.6 is 11.3 Å². The van der Waals surface area contributed by atoms with Crippen molar-refractivity contribution in [2.24, 2.45) is 0 Å². The van der Waals surface area contributed by atoms with E-state index in [4.69, 9.17) is 0 Å². The number of anilines is 1. The van der Waals surface area contributed by atoms with Gasteiger partial charge in [-0.25, -0.2) is 4.98 Å². The summed E-state index contributed by atoms with van der Waals surface area (Å²) in [7, 11) is 0. The number of thiazole rings is 1. The molecule has 0 unspecified atom stereocenters. The molecule has 0 aliphatic carbocycles. The molecule has 3 aromatic rings. The summed E-state index contributed by atoms with van der Waals surface area (Å²) in [6.45, 7) is -1.44. The van der Waals surface area contributed by atoms with E-state index in [1.807, 2.05) is 30.3 Å². The molecule has 5 nitrogen and oxygen atoms in total. The van der Waals surface area contributed by atoms with E-state index in [0.29, 0.717) is 21.3 Å². The Balaban J connectivity index is 1.70. The molecule has 0 fully saturated rings. The lowest BCUT2D eigenvalue weighted by atomic mass is 10.1. The van der Waals surface area contributed by atoms with Crippen molar-refractivity contribution >= 4 is 34.2 Å². The maximum atomic E-state index is 12.2. The fourth-order valence-corrected chi connectivity index (χ4v) is 3.37. The second-order valence-electron chi connectivity index (χ2n) is 5.89. The predicted molar refractivity (Wildman–Crippen MR) is 108 cm³/mol. The van der Waals surface area contributed by atoms with Crippen LogP contribution in [0.25, 0.3) is 17.3 Å². The molecule has 0 radical (unpaired) electrons. The topological polar surface area (TPSA) is 68.3 Å². The number of benzene rings is 2. The lowest BCUT2D eigenvalue weighted by Crippen LogP contribution is -2.07. The van der Waals surface area contributed by atoms with Gasteiger partial charge in [0.1, 0.15) is 5.75 Å². The third-order valence-corrected chi connectivity index (χ3v) is 4.83. The first-order valence-electron chi connectivity index (χ1n) is 8.53. The van der Waals surface area contributed by atoms with Gasteiger partial charge in [0.15, 0.2) is 10.9 Å². The molecular weight excluding hydrogens is 398 g/mol. The molecule has 1 amide bonds. The summed E-state index contributed by atoms with van der Waals surface area (Å²) in [6.07, 6.45) is 2.82. The fourth-order valence-electron chi connectivity index (χ4n) is 2.48. The van der Waals surface area contributed by atoms with E-state index in [1.165, 1.54) is 31.2 Å². The van der Waals surface area contributed by atoms with Gasteiger partial charge in [-0.05, 0) is 23.8 Å². The Morgan fingerprint density at radius 3 is 2.41 bits per heavy atom. The van der Waals surface area contributed by atoms with Crippen molar-refractivity contribution in [2.45, 2.75) is 13.5 Å². The average molecular weight is 414 g/mol. The minimum absolute atomic E-state index is 0.0367. The summed E-state index contributed by atoms with van der Waals surface area (Å²) in [5, 5.41) is 2.95. The maximum Gasteiger partial charge on any atom is 0.387 e. The molecule has 1 heterocycles. The SMILES string of the molecule is CC(=O)c1sc(NC(=O)/C=C/c2ccc(OC(F)F)cc2)nc1-c1ccccc1. The van der Waals surface area contributed by atoms with Crippen LogP contribution in [-0.4, -0.2) is 23.3 Å². The molecule has 1 aromatic heterocycles. The van der Waals surface area contributed by atoms with Crippen molar-refractivity contribution in [3.63, 3.8) is 0 Å². The van der Waals surface area contributed by atoms with Crippen molar-refractivity contribution in [2.75, 3.05) is 5.32 Å². The van der Waals surface area contributed by atoms with Gasteiger partial charge < -0.3 is 4.74 Å². The monoisotopic (exact) mass is 414 g/mol. The van der Waals surface area contributed by atoms with E-state index < -0.39 is 12.5 Å². The number of aromatic nitrogens is 1. The minimum atomic E-state index is -2.89. The predicted octanol–water partition coefficient (Wildman–Crippen LogP) is 5.27. The number of hydrogen-bond donors (Lipinski definition) is 1. The molecule has 0 saturated carbocycles. The molecule has 0 atom stereocenters. The van der Waals surface area contributed by atoms with Gasteiger partial charge in [-0.1, -0.05) is 53.8 Å². The maximum absolute atomic E-state index is 12.2. The first kappa shape index (κ1) is 20.3. The number of rotatable bonds is 7. The van der Waals surface area contributed by atoms with E-state index in [-0.39, 0.29) is 11.5 Å². The molecule has 0 aliphatic heterocycles. The number of hydrogen-bond acceptors (Lipinski definition) is 5. The lowest BCUT2D eigenvalue weighted by molar-refractivity contribution is -0.111. The fraction of sp³-hybridized carbons (Fsp3) is 0.0952. The number of carbonyl (C=O) groups is 2. The van der Waals surface area contributed by atoms with Crippen LogP contribution in [0.1, 0.15) is 22.2 Å². The number of halogens is 2. The minimum Gasteiger partial charge on any atom is -0.435 e. The van der Waals surface area contributed by atoms with Gasteiger partial charge in [0.2, 0.25) is 5.91 Å². The first-order valence-corrected chi connectivity index (χ1v) is 9.35. The molecular formula is C21H16F2N2O3S. The molecule has 8 heteroatoms. The van der Waals surface area contributed by atoms with Gasteiger partial charge in [-0.3, -0.25) is 14.9 Å². The zero-order chi connectivity index (χ0) is 20.8. The standard InChI is InChI=1S/C21H16F2N2O3S/c1-13(26)19-18(15-5-3-2-4-6-15)25-21(29-19)24-17(27)12-9-14-7-10-16(11-8-14)28-20(22)23/h2-12,20H,1H3,(H,24,25,27)/b12-9+. The number of nitrogens with zero attached hydrogens (tertiary/aromatic N) is 1. The Hall–Kier alpha value is -3.39. The van der Waals surface area contributed by atoms with Crippen LogP contribution in [0.5, 0.6) is 5.75 Å². The molecule has 0 spiro atoms. The normalized spacial score (nSPS) is 11.0. The zero-order valence-electron chi connectivity index (χ0n) is 15.3. The molecule has 0 saturated heterocycles. The molecule has 2 aromatic carbocycles. The Morgan fingerprint density at radius 1 is 1.10 bits per heavy atom. The second-order valence-corrected chi connectivity index (χ2v) is 6.89. The van der Waals surface area contributed by atoms with Crippen molar-refractivity contribution in [3.8, 4) is 17.0 Å². The summed E-state index contributed by atoms with van der Waals surface area (Å²) in [5.41, 5.74) is 1.95. The van der Waals surface area contributed by atoms with Gasteiger partial charge in [0.25, 0.3) is 0 Å². The second kappa shape index (κ2) is 9.20. The van der Waals surface area contributed by atoms with Crippen molar-refractivity contribution < 1.29 is 23.1 Å². The van der Waals surface area contributed by atoms with E-state index >= 15 is 0 Å². The van der Waals surface area contributed by atoms with Gasteiger partial charge in [-0.2, -0.15) is 8.78 Å². The highest BCUT2D eigenvalue weighted by Crippen LogP contribution is 2.31. The Kier molecular flexibility index (Phi) is 6.46. The number of alkyl halides is 2. The summed E-state index contributed by atoms with van der Waals surface area (Å²) >= 11 is 1.11. The number of ketones is 1. The highest BCUT2D eigenvalue weighted by atomic mass is 32.1. The number of ether oxygens (including phenoxy) is 1. The van der Waals surface area contributed by atoms with E-state index in [9.17, 15) is 18.4 Å². The van der Waals surface area contributed by atoms with Crippen LogP contribution in [0.2, 0.25) is 0 Å².